The van der Waals surface area contributed by atoms with Crippen LogP contribution in [0, 0.1) is 12.7 Å². The quantitative estimate of drug-likeness (QED) is 0.902. The highest BCUT2D eigenvalue weighted by atomic mass is 35.5. The second-order valence-corrected chi connectivity index (χ2v) is 6.45. The Balaban J connectivity index is 2.45. The topological polar surface area (TPSA) is 85.1 Å². The lowest BCUT2D eigenvalue weighted by Crippen LogP contribution is -2.16. The van der Waals surface area contributed by atoms with Gasteiger partial charge in [-0.05, 0) is 36.8 Å². The predicted octanol–water partition coefficient (Wildman–Crippen LogP) is 2.44. The third-order valence-electron chi connectivity index (χ3n) is 2.82. The molecule has 8 heteroatoms. The molecule has 0 aliphatic carbocycles. The fraction of sp³-hybridized carbons (Fsp3) is 0.154. The van der Waals surface area contributed by atoms with Crippen molar-refractivity contribution < 1.29 is 12.8 Å². The number of aromatic nitrogens is 1. The van der Waals surface area contributed by atoms with Gasteiger partial charge in [0.2, 0.25) is 0 Å². The summed E-state index contributed by atoms with van der Waals surface area (Å²) in [5, 5.41) is 0.166. The van der Waals surface area contributed by atoms with Gasteiger partial charge < -0.3 is 5.73 Å². The molecule has 0 saturated heterocycles. The summed E-state index contributed by atoms with van der Waals surface area (Å²) in [6.45, 7) is 1.38. The Morgan fingerprint density at radius 3 is 2.76 bits per heavy atom. The van der Waals surface area contributed by atoms with Gasteiger partial charge in [-0.1, -0.05) is 11.6 Å². The molecule has 0 atom stereocenters. The number of hydrogen-bond acceptors (Lipinski definition) is 4. The van der Waals surface area contributed by atoms with Gasteiger partial charge in [0.1, 0.15) is 5.82 Å². The summed E-state index contributed by atoms with van der Waals surface area (Å²) in [5.41, 5.74) is 5.75. The van der Waals surface area contributed by atoms with Crippen LogP contribution >= 0.6 is 11.6 Å². The molecular weight excluding hydrogens is 317 g/mol. The lowest BCUT2D eigenvalue weighted by atomic mass is 10.1. The number of anilines is 1. The Bertz CT molecular complexity index is 781. The SMILES string of the molecule is Cc1cc(S(=O)(=O)Nc2ncccc2Cl)cc(CN)c1F. The number of aryl methyl sites for hydroxylation is 1. The largest absolute Gasteiger partial charge is 0.326 e. The van der Waals surface area contributed by atoms with E-state index in [2.05, 4.69) is 9.71 Å². The van der Waals surface area contributed by atoms with E-state index in [0.29, 0.717) is 0 Å². The van der Waals surface area contributed by atoms with Crippen molar-refractivity contribution in [1.82, 2.24) is 4.98 Å². The van der Waals surface area contributed by atoms with Crippen molar-refractivity contribution in [3.8, 4) is 0 Å². The van der Waals surface area contributed by atoms with Gasteiger partial charge >= 0.3 is 0 Å². The molecule has 21 heavy (non-hydrogen) atoms. The molecule has 0 aliphatic heterocycles. The minimum Gasteiger partial charge on any atom is -0.326 e. The zero-order valence-corrected chi connectivity index (χ0v) is 12.7. The third-order valence-corrected chi connectivity index (χ3v) is 4.45. The fourth-order valence-electron chi connectivity index (χ4n) is 1.76. The average molecular weight is 330 g/mol. The summed E-state index contributed by atoms with van der Waals surface area (Å²) >= 11 is 5.86. The molecule has 0 saturated carbocycles. The summed E-state index contributed by atoms with van der Waals surface area (Å²) in [4.78, 5) is 3.76. The Hall–Kier alpha value is -1.70. The number of nitrogens with one attached hydrogen (secondary N) is 1. The minimum atomic E-state index is -3.93. The van der Waals surface area contributed by atoms with Crippen molar-refractivity contribution in [3.63, 3.8) is 0 Å². The first-order valence-electron chi connectivity index (χ1n) is 5.97. The molecule has 3 N–H and O–H groups in total. The number of nitrogens with zero attached hydrogens (tertiary/aromatic N) is 1. The first-order valence-corrected chi connectivity index (χ1v) is 7.83. The number of nitrogens with two attached hydrogens (primary N) is 1. The second-order valence-electron chi connectivity index (χ2n) is 4.36. The summed E-state index contributed by atoms with van der Waals surface area (Å²) in [6, 6.07) is 5.51. The van der Waals surface area contributed by atoms with E-state index in [4.69, 9.17) is 17.3 Å². The van der Waals surface area contributed by atoms with E-state index in [1.807, 2.05) is 0 Å². The van der Waals surface area contributed by atoms with Crippen molar-refractivity contribution >= 4 is 27.4 Å². The van der Waals surface area contributed by atoms with Crippen LogP contribution in [0.15, 0.2) is 35.4 Å². The molecule has 1 aromatic carbocycles. The molecule has 0 amide bonds. The van der Waals surface area contributed by atoms with E-state index in [9.17, 15) is 12.8 Å². The summed E-state index contributed by atoms with van der Waals surface area (Å²) < 4.78 is 40.6. The van der Waals surface area contributed by atoms with Gasteiger partial charge in [-0.2, -0.15) is 0 Å². The fourth-order valence-corrected chi connectivity index (χ4v) is 3.15. The van der Waals surface area contributed by atoms with E-state index in [0.717, 1.165) is 0 Å². The van der Waals surface area contributed by atoms with Gasteiger partial charge in [-0.25, -0.2) is 17.8 Å². The van der Waals surface area contributed by atoms with Crippen LogP contribution in [-0.4, -0.2) is 13.4 Å². The van der Waals surface area contributed by atoms with Crippen LogP contribution in [0.2, 0.25) is 5.02 Å². The number of hydrogen-bond donors (Lipinski definition) is 2. The van der Waals surface area contributed by atoms with E-state index in [-0.39, 0.29) is 33.4 Å². The molecule has 2 aromatic rings. The van der Waals surface area contributed by atoms with Gasteiger partial charge in [-0.15, -0.1) is 0 Å². The van der Waals surface area contributed by atoms with E-state index < -0.39 is 15.8 Å². The highest BCUT2D eigenvalue weighted by Gasteiger charge is 2.19. The van der Waals surface area contributed by atoms with Crippen molar-refractivity contribution in [2.24, 2.45) is 5.73 Å². The highest BCUT2D eigenvalue weighted by molar-refractivity contribution is 7.92. The van der Waals surface area contributed by atoms with Gasteiger partial charge in [0.25, 0.3) is 10.0 Å². The molecule has 1 aromatic heterocycles. The third kappa shape index (κ3) is 3.31. The van der Waals surface area contributed by atoms with Gasteiger partial charge in [0, 0.05) is 18.3 Å². The van der Waals surface area contributed by atoms with Crippen LogP contribution in [0.25, 0.3) is 0 Å². The normalized spacial score (nSPS) is 11.4. The van der Waals surface area contributed by atoms with Gasteiger partial charge in [-0.3, -0.25) is 4.72 Å². The maximum Gasteiger partial charge on any atom is 0.263 e. The lowest BCUT2D eigenvalue weighted by molar-refractivity contribution is 0.591. The van der Waals surface area contributed by atoms with Crippen LogP contribution in [0.4, 0.5) is 10.2 Å². The molecule has 2 rings (SSSR count). The Labute approximate surface area is 127 Å². The number of halogens is 2. The van der Waals surface area contributed by atoms with E-state index in [1.165, 1.54) is 31.3 Å². The smallest absolute Gasteiger partial charge is 0.263 e. The first kappa shape index (κ1) is 15.7. The summed E-state index contributed by atoms with van der Waals surface area (Å²) in [5.74, 6) is -0.497. The van der Waals surface area contributed by atoms with Crippen molar-refractivity contribution in [2.75, 3.05) is 4.72 Å². The highest BCUT2D eigenvalue weighted by Crippen LogP contribution is 2.24. The van der Waals surface area contributed by atoms with Crippen LogP contribution in [0.5, 0.6) is 0 Å². The van der Waals surface area contributed by atoms with Gasteiger partial charge in [0.05, 0.1) is 9.92 Å². The van der Waals surface area contributed by atoms with E-state index in [1.54, 1.807) is 6.07 Å². The molecule has 0 spiro atoms. The summed E-state index contributed by atoms with van der Waals surface area (Å²) in [7, 11) is -3.93. The van der Waals surface area contributed by atoms with Crippen molar-refractivity contribution in [1.29, 1.82) is 0 Å². The van der Waals surface area contributed by atoms with Crippen LogP contribution in [0.1, 0.15) is 11.1 Å². The molecule has 0 bridgehead atoms. The Morgan fingerprint density at radius 2 is 2.14 bits per heavy atom. The molecule has 0 aliphatic rings. The van der Waals surface area contributed by atoms with Crippen LogP contribution < -0.4 is 10.5 Å². The minimum absolute atomic E-state index is 0.00967. The number of sulfonamides is 1. The van der Waals surface area contributed by atoms with Crippen molar-refractivity contribution in [2.45, 2.75) is 18.4 Å². The second kappa shape index (κ2) is 5.97. The molecule has 5 nitrogen and oxygen atoms in total. The molecule has 0 unspecified atom stereocenters. The van der Waals surface area contributed by atoms with Gasteiger partial charge in [0.15, 0.2) is 5.82 Å². The van der Waals surface area contributed by atoms with Crippen LogP contribution in [-0.2, 0) is 16.6 Å². The lowest BCUT2D eigenvalue weighted by Gasteiger charge is -2.11. The van der Waals surface area contributed by atoms with Crippen molar-refractivity contribution in [3.05, 3.63) is 52.4 Å². The zero-order chi connectivity index (χ0) is 15.6. The number of benzene rings is 1. The standard InChI is InChI=1S/C13H13ClFN3O2S/c1-8-5-10(6-9(7-16)12(8)15)21(19,20)18-13-11(14)3-2-4-17-13/h2-6H,7,16H2,1H3,(H,17,18). The monoisotopic (exact) mass is 329 g/mol. The molecule has 0 radical (unpaired) electrons. The number of pyridine rings is 1. The molecule has 1 heterocycles. The maximum atomic E-state index is 13.7. The predicted molar refractivity (Wildman–Crippen MR) is 79.1 cm³/mol. The molecule has 112 valence electrons. The average Bonchev–Trinajstić information content (AvgIpc) is 2.44. The zero-order valence-electron chi connectivity index (χ0n) is 11.1. The van der Waals surface area contributed by atoms with Crippen LogP contribution in [0.3, 0.4) is 0 Å². The summed E-state index contributed by atoms with van der Waals surface area (Å²) in [6.07, 6.45) is 1.41. The first-order chi connectivity index (χ1) is 9.85. The molecular formula is C13H13ClFN3O2S. The maximum absolute atomic E-state index is 13.7. The number of rotatable bonds is 4. The Kier molecular flexibility index (Phi) is 4.46. The Morgan fingerprint density at radius 1 is 1.43 bits per heavy atom. The molecule has 0 fully saturated rings. The van der Waals surface area contributed by atoms with E-state index >= 15 is 0 Å².